The van der Waals surface area contributed by atoms with Crippen LogP contribution in [0.1, 0.15) is 34.6 Å². The third kappa shape index (κ3) is 3.28. The Kier molecular flexibility index (Phi) is 4.89. The van der Waals surface area contributed by atoms with E-state index in [9.17, 15) is 14.4 Å². The fraction of sp³-hybridized carbons (Fsp3) is 0.350. The van der Waals surface area contributed by atoms with Gasteiger partial charge in [0.2, 0.25) is 5.91 Å². The summed E-state index contributed by atoms with van der Waals surface area (Å²) >= 11 is 1.20. The molecule has 144 valence electrons. The van der Waals surface area contributed by atoms with E-state index in [1.165, 1.54) is 16.7 Å². The highest BCUT2D eigenvalue weighted by atomic mass is 32.2. The van der Waals surface area contributed by atoms with Crippen molar-refractivity contribution in [2.45, 2.75) is 37.9 Å². The number of nitrogens with zero attached hydrogens (tertiary/aromatic N) is 4. The second-order valence-corrected chi connectivity index (χ2v) is 7.91. The first-order valence-corrected chi connectivity index (χ1v) is 10.2. The molecule has 0 spiro atoms. The first-order chi connectivity index (χ1) is 13.5. The van der Waals surface area contributed by atoms with E-state index in [1.807, 2.05) is 19.9 Å². The summed E-state index contributed by atoms with van der Waals surface area (Å²) < 4.78 is 0. The molecule has 0 unspecified atom stereocenters. The van der Waals surface area contributed by atoms with Crippen molar-refractivity contribution in [1.82, 2.24) is 14.9 Å². The molecular formula is C20H20N4O3S. The van der Waals surface area contributed by atoms with E-state index in [2.05, 4.69) is 9.97 Å². The molecule has 2 aromatic rings. The largest absolute Gasteiger partial charge is 0.327 e. The number of thioether (sulfide) groups is 1. The van der Waals surface area contributed by atoms with Crippen LogP contribution in [0.2, 0.25) is 0 Å². The van der Waals surface area contributed by atoms with Crippen LogP contribution >= 0.6 is 11.8 Å². The van der Waals surface area contributed by atoms with Crippen LogP contribution in [0.5, 0.6) is 0 Å². The monoisotopic (exact) mass is 396 g/mol. The quantitative estimate of drug-likeness (QED) is 0.585. The molecule has 0 bridgehead atoms. The van der Waals surface area contributed by atoms with E-state index in [0.29, 0.717) is 29.4 Å². The van der Waals surface area contributed by atoms with Gasteiger partial charge >= 0.3 is 0 Å². The fourth-order valence-electron chi connectivity index (χ4n) is 3.74. The Morgan fingerprint density at radius 1 is 1.18 bits per heavy atom. The Morgan fingerprint density at radius 2 is 1.89 bits per heavy atom. The predicted octanol–water partition coefficient (Wildman–Crippen LogP) is 2.36. The van der Waals surface area contributed by atoms with Gasteiger partial charge in [-0.15, -0.1) is 0 Å². The number of hydrogen-bond acceptors (Lipinski definition) is 6. The number of fused-ring (bicyclic) bond motifs is 2. The molecule has 1 saturated heterocycles. The summed E-state index contributed by atoms with van der Waals surface area (Å²) in [6, 6.07) is 8.09. The summed E-state index contributed by atoms with van der Waals surface area (Å²) in [6.45, 7) is 4.28. The van der Waals surface area contributed by atoms with Gasteiger partial charge in [0.05, 0.1) is 17.0 Å². The van der Waals surface area contributed by atoms with E-state index in [4.69, 9.17) is 0 Å². The summed E-state index contributed by atoms with van der Waals surface area (Å²) in [6.07, 6.45) is 1.34. The number of carbonyl (C=O) groups excluding carboxylic acids is 3. The average molecular weight is 396 g/mol. The first kappa shape index (κ1) is 18.6. The second kappa shape index (κ2) is 7.35. The van der Waals surface area contributed by atoms with Crippen LogP contribution in [0.4, 0.5) is 5.69 Å². The van der Waals surface area contributed by atoms with Gasteiger partial charge in [-0.1, -0.05) is 23.9 Å². The Morgan fingerprint density at radius 3 is 2.64 bits per heavy atom. The van der Waals surface area contributed by atoms with Gasteiger partial charge in [-0.3, -0.25) is 14.4 Å². The number of hydrogen-bond donors (Lipinski definition) is 0. The van der Waals surface area contributed by atoms with Crippen LogP contribution in [0.25, 0.3) is 0 Å². The van der Waals surface area contributed by atoms with Gasteiger partial charge in [-0.05, 0) is 44.9 Å². The second-order valence-electron chi connectivity index (χ2n) is 6.96. The van der Waals surface area contributed by atoms with Crippen molar-refractivity contribution < 1.29 is 14.4 Å². The summed E-state index contributed by atoms with van der Waals surface area (Å²) in [4.78, 5) is 50.6. The third-order valence-electron chi connectivity index (χ3n) is 4.93. The van der Waals surface area contributed by atoms with Crippen molar-refractivity contribution in [1.29, 1.82) is 0 Å². The molecule has 0 aliphatic carbocycles. The SMILES string of the molecule is Cc1cc(C)nc(SCC(=O)N2C(=O)[C@H]3CCCN3C(=O)c3ccccc32)n1. The lowest BCUT2D eigenvalue weighted by Crippen LogP contribution is -2.47. The molecule has 3 amide bonds. The number of rotatable bonds is 3. The lowest BCUT2D eigenvalue weighted by atomic mass is 10.1. The molecule has 0 N–H and O–H groups in total. The fourth-order valence-corrected chi connectivity index (χ4v) is 4.54. The number of imide groups is 1. The number of aromatic nitrogens is 2. The average Bonchev–Trinajstić information content (AvgIpc) is 3.12. The van der Waals surface area contributed by atoms with Gasteiger partial charge in [0.25, 0.3) is 11.8 Å². The molecule has 0 saturated carbocycles. The minimum Gasteiger partial charge on any atom is -0.327 e. The summed E-state index contributed by atoms with van der Waals surface area (Å²) in [5, 5.41) is 0.500. The smallest absolute Gasteiger partial charge is 0.256 e. The standard InChI is InChI=1S/C20H20N4O3S/c1-12-10-13(2)22-20(21-12)28-11-17(25)24-15-7-4-3-6-14(15)18(26)23-9-5-8-16(23)19(24)27/h3-4,6-7,10,16H,5,8-9,11H2,1-2H3/t16-/m1/s1. The number of aryl methyl sites for hydroxylation is 2. The zero-order valence-electron chi connectivity index (χ0n) is 15.7. The number of para-hydroxylation sites is 1. The third-order valence-corrected chi connectivity index (χ3v) is 5.76. The maximum Gasteiger partial charge on any atom is 0.256 e. The van der Waals surface area contributed by atoms with Crippen molar-refractivity contribution in [3.63, 3.8) is 0 Å². The molecule has 0 radical (unpaired) electrons. The van der Waals surface area contributed by atoms with E-state index in [1.54, 1.807) is 29.2 Å². The molecular weight excluding hydrogens is 376 g/mol. The molecule has 1 aromatic carbocycles. The van der Waals surface area contributed by atoms with Crippen molar-refractivity contribution in [2.24, 2.45) is 0 Å². The summed E-state index contributed by atoms with van der Waals surface area (Å²) in [7, 11) is 0. The topological polar surface area (TPSA) is 83.5 Å². The Bertz CT molecular complexity index is 957. The first-order valence-electron chi connectivity index (χ1n) is 9.17. The molecule has 28 heavy (non-hydrogen) atoms. The van der Waals surface area contributed by atoms with Crippen LogP contribution in [0.3, 0.4) is 0 Å². The Balaban J connectivity index is 1.64. The van der Waals surface area contributed by atoms with E-state index in [0.717, 1.165) is 17.8 Å². The van der Waals surface area contributed by atoms with E-state index < -0.39 is 6.04 Å². The van der Waals surface area contributed by atoms with Gasteiger partial charge in [0.15, 0.2) is 5.16 Å². The zero-order chi connectivity index (χ0) is 19.8. The van der Waals surface area contributed by atoms with Crippen molar-refractivity contribution >= 4 is 35.2 Å². The summed E-state index contributed by atoms with van der Waals surface area (Å²) in [5.41, 5.74) is 2.40. The number of benzene rings is 1. The van der Waals surface area contributed by atoms with Crippen molar-refractivity contribution in [2.75, 3.05) is 17.2 Å². The highest BCUT2D eigenvalue weighted by Gasteiger charge is 2.43. The predicted molar refractivity (Wildman–Crippen MR) is 105 cm³/mol. The number of carbonyl (C=O) groups is 3. The van der Waals surface area contributed by atoms with Crippen LogP contribution in [-0.4, -0.2) is 50.9 Å². The Labute approximate surface area is 167 Å². The highest BCUT2D eigenvalue weighted by molar-refractivity contribution is 7.99. The number of amides is 3. The lowest BCUT2D eigenvalue weighted by molar-refractivity contribution is -0.127. The minimum absolute atomic E-state index is 0.0177. The van der Waals surface area contributed by atoms with Gasteiger partial charge in [-0.25, -0.2) is 14.9 Å². The number of anilines is 1. The molecule has 8 heteroatoms. The molecule has 2 aliphatic heterocycles. The van der Waals surface area contributed by atoms with E-state index in [-0.39, 0.29) is 23.5 Å². The maximum atomic E-state index is 13.2. The van der Waals surface area contributed by atoms with Gasteiger partial charge in [0.1, 0.15) is 6.04 Å². The molecule has 1 atom stereocenters. The van der Waals surface area contributed by atoms with Crippen LogP contribution < -0.4 is 4.90 Å². The Hall–Kier alpha value is -2.74. The van der Waals surface area contributed by atoms with Crippen LogP contribution in [-0.2, 0) is 9.59 Å². The van der Waals surface area contributed by atoms with Crippen LogP contribution in [0, 0.1) is 13.8 Å². The molecule has 2 aliphatic rings. The molecule has 1 aromatic heterocycles. The molecule has 4 rings (SSSR count). The summed E-state index contributed by atoms with van der Waals surface area (Å²) in [5.74, 6) is -0.870. The van der Waals surface area contributed by atoms with Crippen LogP contribution in [0.15, 0.2) is 35.5 Å². The van der Waals surface area contributed by atoms with Gasteiger partial charge in [-0.2, -0.15) is 0 Å². The maximum absolute atomic E-state index is 13.2. The highest BCUT2D eigenvalue weighted by Crippen LogP contribution is 2.33. The van der Waals surface area contributed by atoms with E-state index >= 15 is 0 Å². The lowest BCUT2D eigenvalue weighted by Gasteiger charge is -2.24. The van der Waals surface area contributed by atoms with Gasteiger partial charge in [0, 0.05) is 17.9 Å². The van der Waals surface area contributed by atoms with Crippen molar-refractivity contribution in [3.8, 4) is 0 Å². The van der Waals surface area contributed by atoms with Gasteiger partial charge < -0.3 is 4.90 Å². The molecule has 3 heterocycles. The van der Waals surface area contributed by atoms with Crippen molar-refractivity contribution in [3.05, 3.63) is 47.3 Å². The molecule has 7 nitrogen and oxygen atoms in total. The minimum atomic E-state index is -0.577. The zero-order valence-corrected chi connectivity index (χ0v) is 16.5. The molecule has 1 fully saturated rings. The normalized spacial score (nSPS) is 18.7.